The number of amides is 1. The maximum absolute atomic E-state index is 12.5. The van der Waals surface area contributed by atoms with Crippen LogP contribution < -0.4 is 10.5 Å². The normalized spacial score (nSPS) is 10.0. The summed E-state index contributed by atoms with van der Waals surface area (Å²) < 4.78 is 5.14. The quantitative estimate of drug-likeness (QED) is 0.829. The van der Waals surface area contributed by atoms with Gasteiger partial charge >= 0.3 is 0 Å². The topological polar surface area (TPSA) is 68.5 Å². The Labute approximate surface area is 146 Å². The van der Waals surface area contributed by atoms with E-state index in [-0.39, 0.29) is 18.3 Å². The number of carbonyl (C=O) groups is 1. The van der Waals surface area contributed by atoms with Crippen LogP contribution in [0.3, 0.4) is 0 Å². The van der Waals surface area contributed by atoms with E-state index in [1.807, 2.05) is 36.6 Å². The summed E-state index contributed by atoms with van der Waals surface area (Å²) in [6, 6.07) is 7.73. The second-order valence-electron chi connectivity index (χ2n) is 4.83. The summed E-state index contributed by atoms with van der Waals surface area (Å²) in [5.74, 6) is 0.766. The van der Waals surface area contributed by atoms with E-state index in [1.165, 1.54) is 11.3 Å². The molecule has 7 heteroatoms. The summed E-state index contributed by atoms with van der Waals surface area (Å²) in [4.78, 5) is 18.7. The van der Waals surface area contributed by atoms with E-state index in [4.69, 9.17) is 10.5 Å². The predicted molar refractivity (Wildman–Crippen MR) is 95.5 cm³/mol. The van der Waals surface area contributed by atoms with Crippen molar-refractivity contribution in [1.29, 1.82) is 0 Å². The average molecular weight is 356 g/mol. The van der Waals surface area contributed by atoms with E-state index >= 15 is 0 Å². The van der Waals surface area contributed by atoms with Crippen molar-refractivity contribution < 1.29 is 9.53 Å². The molecule has 0 saturated carbocycles. The number of hydrogen-bond acceptors (Lipinski definition) is 5. The Hall–Kier alpha value is -1.63. The third-order valence-electron chi connectivity index (χ3n) is 3.33. The van der Waals surface area contributed by atoms with Crippen molar-refractivity contribution in [3.05, 3.63) is 45.9 Å². The van der Waals surface area contributed by atoms with Crippen molar-refractivity contribution >= 4 is 29.7 Å². The molecule has 0 aliphatic rings. The minimum absolute atomic E-state index is 0. The number of ether oxygens (including phenoxy) is 1. The van der Waals surface area contributed by atoms with Gasteiger partial charge in [0.15, 0.2) is 0 Å². The number of benzene rings is 1. The van der Waals surface area contributed by atoms with Crippen LogP contribution in [0.4, 0.5) is 0 Å². The van der Waals surface area contributed by atoms with E-state index in [0.29, 0.717) is 31.7 Å². The molecule has 0 bridgehead atoms. The molecule has 2 N–H and O–H groups in total. The van der Waals surface area contributed by atoms with Gasteiger partial charge in [-0.15, -0.1) is 23.7 Å². The Bertz CT molecular complexity index is 616. The predicted octanol–water partition coefficient (Wildman–Crippen LogP) is 2.74. The van der Waals surface area contributed by atoms with Gasteiger partial charge in [-0.3, -0.25) is 4.79 Å². The molecular formula is C16H22ClN3O2S. The van der Waals surface area contributed by atoms with Crippen molar-refractivity contribution in [3.8, 4) is 5.75 Å². The first-order valence-corrected chi connectivity index (χ1v) is 8.12. The summed E-state index contributed by atoms with van der Waals surface area (Å²) in [6.07, 6.45) is 0.711. The average Bonchev–Trinajstić information content (AvgIpc) is 3.01. The molecule has 2 aromatic rings. The number of aromatic nitrogens is 1. The first-order chi connectivity index (χ1) is 10.7. The molecule has 0 aliphatic carbocycles. The smallest absolute Gasteiger partial charge is 0.273 e. The molecule has 126 valence electrons. The van der Waals surface area contributed by atoms with Gasteiger partial charge in [-0.25, -0.2) is 4.98 Å². The van der Waals surface area contributed by atoms with E-state index in [1.54, 1.807) is 12.0 Å². The summed E-state index contributed by atoms with van der Waals surface area (Å²) >= 11 is 1.49. The molecule has 0 radical (unpaired) electrons. The van der Waals surface area contributed by atoms with Crippen LogP contribution in [0.1, 0.15) is 28.0 Å². The summed E-state index contributed by atoms with van der Waals surface area (Å²) in [5, 5.41) is 2.72. The third kappa shape index (κ3) is 5.20. The van der Waals surface area contributed by atoms with Crippen LogP contribution in [0.25, 0.3) is 0 Å². The van der Waals surface area contributed by atoms with Crippen LogP contribution in [0.5, 0.6) is 5.75 Å². The van der Waals surface area contributed by atoms with Gasteiger partial charge in [0, 0.05) is 24.9 Å². The zero-order valence-corrected chi connectivity index (χ0v) is 15.0. The summed E-state index contributed by atoms with van der Waals surface area (Å²) in [5.41, 5.74) is 7.09. The molecule has 2 rings (SSSR count). The molecule has 23 heavy (non-hydrogen) atoms. The molecule has 5 nitrogen and oxygen atoms in total. The van der Waals surface area contributed by atoms with Crippen molar-refractivity contribution in [2.24, 2.45) is 5.73 Å². The minimum atomic E-state index is -0.0437. The number of nitrogens with two attached hydrogens (primary N) is 1. The van der Waals surface area contributed by atoms with Crippen molar-refractivity contribution in [2.45, 2.75) is 19.9 Å². The van der Waals surface area contributed by atoms with Crippen molar-refractivity contribution in [1.82, 2.24) is 9.88 Å². The highest BCUT2D eigenvalue weighted by molar-refractivity contribution is 7.09. The SMILES string of the molecule is CCN(Cc1ccc(OC)cc1)C(=O)c1csc(CCN)n1.Cl. The number of methoxy groups -OCH3 is 1. The highest BCUT2D eigenvalue weighted by atomic mass is 35.5. The van der Waals surface area contributed by atoms with Crippen LogP contribution in [0.15, 0.2) is 29.6 Å². The number of halogens is 1. The van der Waals surface area contributed by atoms with Crippen LogP contribution >= 0.6 is 23.7 Å². The Morgan fingerprint density at radius 3 is 2.61 bits per heavy atom. The van der Waals surface area contributed by atoms with Crippen LogP contribution in [0.2, 0.25) is 0 Å². The lowest BCUT2D eigenvalue weighted by atomic mass is 10.2. The van der Waals surface area contributed by atoms with E-state index in [0.717, 1.165) is 16.3 Å². The largest absolute Gasteiger partial charge is 0.497 e. The standard InChI is InChI=1S/C16H21N3O2S.ClH/c1-3-19(10-12-4-6-13(21-2)7-5-12)16(20)14-11-22-15(18-14)8-9-17;/h4-7,11H,3,8-10,17H2,1-2H3;1H. The molecule has 0 unspecified atom stereocenters. The Kier molecular flexibility index (Phi) is 8.02. The Morgan fingerprint density at radius 1 is 1.35 bits per heavy atom. The fourth-order valence-corrected chi connectivity index (χ4v) is 2.88. The summed E-state index contributed by atoms with van der Waals surface area (Å²) in [7, 11) is 1.64. The molecule has 0 fully saturated rings. The fourth-order valence-electron chi connectivity index (χ4n) is 2.09. The molecule has 0 atom stereocenters. The zero-order valence-electron chi connectivity index (χ0n) is 13.3. The number of rotatable bonds is 7. The molecule has 0 saturated heterocycles. The molecule has 1 aromatic carbocycles. The van der Waals surface area contributed by atoms with Gasteiger partial charge in [0.2, 0.25) is 0 Å². The molecular weight excluding hydrogens is 334 g/mol. The van der Waals surface area contributed by atoms with Crippen molar-refractivity contribution in [2.75, 3.05) is 20.2 Å². The number of thiazole rings is 1. The van der Waals surface area contributed by atoms with Gasteiger partial charge in [0.05, 0.1) is 12.1 Å². The van der Waals surface area contributed by atoms with Crippen LogP contribution in [0, 0.1) is 0 Å². The van der Waals surface area contributed by atoms with E-state index in [2.05, 4.69) is 4.98 Å². The molecule has 1 aromatic heterocycles. The Morgan fingerprint density at radius 2 is 2.04 bits per heavy atom. The highest BCUT2D eigenvalue weighted by Crippen LogP contribution is 2.16. The third-order valence-corrected chi connectivity index (χ3v) is 4.24. The van der Waals surface area contributed by atoms with E-state index in [9.17, 15) is 4.79 Å². The second kappa shape index (κ2) is 9.50. The highest BCUT2D eigenvalue weighted by Gasteiger charge is 2.17. The number of carbonyl (C=O) groups excluding carboxylic acids is 1. The van der Waals surface area contributed by atoms with Crippen LogP contribution in [-0.4, -0.2) is 36.0 Å². The minimum Gasteiger partial charge on any atom is -0.497 e. The lowest BCUT2D eigenvalue weighted by molar-refractivity contribution is 0.0747. The first-order valence-electron chi connectivity index (χ1n) is 7.24. The number of nitrogens with zero attached hydrogens (tertiary/aromatic N) is 2. The monoisotopic (exact) mass is 355 g/mol. The Balaban J connectivity index is 0.00000264. The van der Waals surface area contributed by atoms with Crippen LogP contribution in [-0.2, 0) is 13.0 Å². The maximum Gasteiger partial charge on any atom is 0.273 e. The van der Waals surface area contributed by atoms with Gasteiger partial charge in [-0.1, -0.05) is 12.1 Å². The van der Waals surface area contributed by atoms with Gasteiger partial charge in [0.1, 0.15) is 11.4 Å². The lowest BCUT2D eigenvalue weighted by Gasteiger charge is -2.20. The number of hydrogen-bond donors (Lipinski definition) is 1. The molecule has 0 aliphatic heterocycles. The fraction of sp³-hybridized carbons (Fsp3) is 0.375. The van der Waals surface area contributed by atoms with Gasteiger partial charge in [0.25, 0.3) is 5.91 Å². The first kappa shape index (κ1) is 19.4. The van der Waals surface area contributed by atoms with Gasteiger partial charge in [-0.05, 0) is 31.2 Å². The second-order valence-corrected chi connectivity index (χ2v) is 5.78. The van der Waals surface area contributed by atoms with Crippen molar-refractivity contribution in [3.63, 3.8) is 0 Å². The summed E-state index contributed by atoms with van der Waals surface area (Å²) in [6.45, 7) is 3.71. The van der Waals surface area contributed by atoms with Gasteiger partial charge < -0.3 is 15.4 Å². The van der Waals surface area contributed by atoms with Gasteiger partial charge in [-0.2, -0.15) is 0 Å². The molecule has 1 heterocycles. The zero-order chi connectivity index (χ0) is 15.9. The molecule has 1 amide bonds. The lowest BCUT2D eigenvalue weighted by Crippen LogP contribution is -2.30. The van der Waals surface area contributed by atoms with E-state index < -0.39 is 0 Å². The molecule has 0 spiro atoms. The maximum atomic E-state index is 12.5.